The molecule has 1 aromatic rings. The van der Waals surface area contributed by atoms with Gasteiger partial charge in [0.2, 0.25) is 0 Å². The van der Waals surface area contributed by atoms with Gasteiger partial charge in [0.1, 0.15) is 0 Å². The molecule has 1 heterocycles. The van der Waals surface area contributed by atoms with Crippen LogP contribution in [0.4, 0.5) is 5.69 Å². The number of anilines is 1. The molecule has 2 N–H and O–H groups in total. The minimum Gasteiger partial charge on any atom is -0.382 e. The van der Waals surface area contributed by atoms with E-state index in [2.05, 4.69) is 22.6 Å². The van der Waals surface area contributed by atoms with Gasteiger partial charge in [0.25, 0.3) is 5.91 Å². The maximum Gasteiger partial charge on any atom is 0.251 e. The van der Waals surface area contributed by atoms with Crippen molar-refractivity contribution in [2.45, 2.75) is 38.8 Å². The van der Waals surface area contributed by atoms with E-state index in [1.165, 1.54) is 12.8 Å². The number of nitrogens with one attached hydrogen (secondary N) is 2. The molecule has 0 atom stereocenters. The fraction of sp³-hybridized carbons (Fsp3) is 0.562. The Hall–Kier alpha value is -1.55. The Labute approximate surface area is 121 Å². The first kappa shape index (κ1) is 14.9. The minimum absolute atomic E-state index is 0.00848. The summed E-state index contributed by atoms with van der Waals surface area (Å²) >= 11 is 0. The van der Waals surface area contributed by atoms with E-state index in [1.54, 1.807) is 0 Å². The second-order valence-electron chi connectivity index (χ2n) is 5.93. The van der Waals surface area contributed by atoms with Crippen LogP contribution < -0.4 is 10.6 Å². The zero-order valence-corrected chi connectivity index (χ0v) is 12.6. The molecule has 0 aliphatic carbocycles. The Morgan fingerprint density at radius 1 is 1.20 bits per heavy atom. The van der Waals surface area contributed by atoms with E-state index >= 15 is 0 Å². The number of amides is 1. The first-order valence-corrected chi connectivity index (χ1v) is 7.40. The number of benzene rings is 1. The molecule has 0 spiro atoms. The van der Waals surface area contributed by atoms with Crippen LogP contribution in [0.2, 0.25) is 0 Å². The van der Waals surface area contributed by atoms with E-state index in [0.717, 1.165) is 18.8 Å². The number of nitrogens with zero attached hydrogens (tertiary/aromatic N) is 1. The molecule has 2 rings (SSSR count). The summed E-state index contributed by atoms with van der Waals surface area (Å²) in [5.41, 5.74) is 1.81. The summed E-state index contributed by atoms with van der Waals surface area (Å²) in [4.78, 5) is 14.2. The molecule has 1 amide bonds. The van der Waals surface area contributed by atoms with Crippen molar-refractivity contribution >= 4 is 11.6 Å². The molecule has 0 aromatic heterocycles. The molecule has 1 saturated heterocycles. The van der Waals surface area contributed by atoms with Gasteiger partial charge in [-0.15, -0.1) is 0 Å². The molecule has 4 nitrogen and oxygen atoms in total. The van der Waals surface area contributed by atoms with Crippen molar-refractivity contribution in [3.8, 4) is 0 Å². The predicted molar refractivity (Wildman–Crippen MR) is 83.2 cm³/mol. The number of rotatable bonds is 4. The van der Waals surface area contributed by atoms with E-state index in [4.69, 9.17) is 0 Å². The largest absolute Gasteiger partial charge is 0.382 e. The monoisotopic (exact) mass is 275 g/mol. The number of hydrogen-bond acceptors (Lipinski definition) is 3. The molecule has 110 valence electrons. The van der Waals surface area contributed by atoms with Crippen LogP contribution in [0.5, 0.6) is 0 Å². The molecule has 1 aliphatic heterocycles. The summed E-state index contributed by atoms with van der Waals surface area (Å²) in [5, 5.41) is 6.45. The third kappa shape index (κ3) is 4.23. The van der Waals surface area contributed by atoms with Crippen molar-refractivity contribution in [2.75, 3.05) is 25.5 Å². The standard InChI is InChI=1S/C16H25N3O/c1-12(2)17-16(20)13-4-6-14(7-5-13)18-15-8-10-19(3)11-9-15/h4-7,12,15,18H,8-11H2,1-3H3,(H,17,20). The number of likely N-dealkylation sites (tertiary alicyclic amines) is 1. The van der Waals surface area contributed by atoms with Crippen LogP contribution in [0.3, 0.4) is 0 Å². The quantitative estimate of drug-likeness (QED) is 0.886. The van der Waals surface area contributed by atoms with Crippen LogP contribution in [-0.2, 0) is 0 Å². The Morgan fingerprint density at radius 3 is 2.35 bits per heavy atom. The molecular formula is C16H25N3O. The highest BCUT2D eigenvalue weighted by Gasteiger charge is 2.16. The lowest BCUT2D eigenvalue weighted by Crippen LogP contribution is -2.36. The van der Waals surface area contributed by atoms with Crippen molar-refractivity contribution in [3.05, 3.63) is 29.8 Å². The van der Waals surface area contributed by atoms with E-state index < -0.39 is 0 Å². The van der Waals surface area contributed by atoms with Gasteiger partial charge in [0.15, 0.2) is 0 Å². The molecule has 0 saturated carbocycles. The van der Waals surface area contributed by atoms with Crippen molar-refractivity contribution in [3.63, 3.8) is 0 Å². The Kier molecular flexibility index (Phi) is 5.01. The third-order valence-electron chi connectivity index (χ3n) is 3.66. The fourth-order valence-electron chi connectivity index (χ4n) is 2.45. The zero-order chi connectivity index (χ0) is 14.5. The normalized spacial score (nSPS) is 17.2. The Balaban J connectivity index is 1.90. The number of carbonyl (C=O) groups is 1. The lowest BCUT2D eigenvalue weighted by Gasteiger charge is -2.30. The zero-order valence-electron chi connectivity index (χ0n) is 12.6. The van der Waals surface area contributed by atoms with Crippen LogP contribution in [0.15, 0.2) is 24.3 Å². The third-order valence-corrected chi connectivity index (χ3v) is 3.66. The maximum absolute atomic E-state index is 11.9. The lowest BCUT2D eigenvalue weighted by molar-refractivity contribution is 0.0943. The van der Waals surface area contributed by atoms with Crippen molar-refractivity contribution < 1.29 is 4.79 Å². The van der Waals surface area contributed by atoms with Gasteiger partial charge in [0, 0.05) is 23.3 Å². The van der Waals surface area contributed by atoms with Crippen LogP contribution in [0.25, 0.3) is 0 Å². The van der Waals surface area contributed by atoms with Crippen LogP contribution in [0.1, 0.15) is 37.0 Å². The predicted octanol–water partition coefficient (Wildman–Crippen LogP) is 2.33. The molecule has 0 unspecified atom stereocenters. The van der Waals surface area contributed by atoms with Crippen molar-refractivity contribution in [1.82, 2.24) is 10.2 Å². The van der Waals surface area contributed by atoms with Gasteiger partial charge in [-0.1, -0.05) is 0 Å². The summed E-state index contributed by atoms with van der Waals surface area (Å²) in [7, 11) is 2.17. The second-order valence-corrected chi connectivity index (χ2v) is 5.93. The van der Waals surface area contributed by atoms with E-state index in [1.807, 2.05) is 38.1 Å². The summed E-state index contributed by atoms with van der Waals surface area (Å²) in [5.74, 6) is -0.00848. The molecule has 20 heavy (non-hydrogen) atoms. The summed E-state index contributed by atoms with van der Waals surface area (Å²) in [6, 6.07) is 8.46. The number of hydrogen-bond donors (Lipinski definition) is 2. The maximum atomic E-state index is 11.9. The second kappa shape index (κ2) is 6.75. The van der Waals surface area contributed by atoms with Crippen molar-refractivity contribution in [2.24, 2.45) is 0 Å². The van der Waals surface area contributed by atoms with Crippen LogP contribution >= 0.6 is 0 Å². The highest BCUT2D eigenvalue weighted by atomic mass is 16.1. The van der Waals surface area contributed by atoms with Gasteiger partial charge in [-0.05, 0) is 71.1 Å². The topological polar surface area (TPSA) is 44.4 Å². The van der Waals surface area contributed by atoms with Gasteiger partial charge in [-0.2, -0.15) is 0 Å². The van der Waals surface area contributed by atoms with Gasteiger partial charge < -0.3 is 15.5 Å². The molecule has 0 bridgehead atoms. The SMILES string of the molecule is CC(C)NC(=O)c1ccc(NC2CCN(C)CC2)cc1. The Bertz CT molecular complexity index is 434. The molecule has 4 heteroatoms. The molecule has 1 aliphatic rings. The van der Waals surface area contributed by atoms with Crippen LogP contribution in [0, 0.1) is 0 Å². The number of piperidine rings is 1. The molecule has 0 radical (unpaired) electrons. The first-order valence-electron chi connectivity index (χ1n) is 7.40. The van der Waals surface area contributed by atoms with Gasteiger partial charge in [0.05, 0.1) is 0 Å². The molecule has 1 aromatic carbocycles. The smallest absolute Gasteiger partial charge is 0.251 e. The average Bonchev–Trinajstić information content (AvgIpc) is 2.41. The molecule has 1 fully saturated rings. The summed E-state index contributed by atoms with van der Waals surface area (Å²) in [6.07, 6.45) is 2.35. The van der Waals surface area contributed by atoms with Crippen molar-refractivity contribution in [1.29, 1.82) is 0 Å². The van der Waals surface area contributed by atoms with Gasteiger partial charge >= 0.3 is 0 Å². The highest BCUT2D eigenvalue weighted by Crippen LogP contribution is 2.16. The Morgan fingerprint density at radius 2 is 1.80 bits per heavy atom. The molecular weight excluding hydrogens is 250 g/mol. The summed E-state index contributed by atoms with van der Waals surface area (Å²) in [6.45, 7) is 6.22. The van der Waals surface area contributed by atoms with E-state index in [0.29, 0.717) is 11.6 Å². The average molecular weight is 275 g/mol. The minimum atomic E-state index is -0.00848. The fourth-order valence-corrected chi connectivity index (χ4v) is 2.45. The van der Waals surface area contributed by atoms with Gasteiger partial charge in [-0.3, -0.25) is 4.79 Å². The lowest BCUT2D eigenvalue weighted by atomic mass is 10.0. The first-order chi connectivity index (χ1) is 9.54. The number of carbonyl (C=O) groups excluding carboxylic acids is 1. The van der Waals surface area contributed by atoms with E-state index in [-0.39, 0.29) is 11.9 Å². The highest BCUT2D eigenvalue weighted by molar-refractivity contribution is 5.94. The van der Waals surface area contributed by atoms with E-state index in [9.17, 15) is 4.79 Å². The van der Waals surface area contributed by atoms with Gasteiger partial charge in [-0.25, -0.2) is 0 Å². The summed E-state index contributed by atoms with van der Waals surface area (Å²) < 4.78 is 0. The van der Waals surface area contributed by atoms with Crippen LogP contribution in [-0.4, -0.2) is 43.0 Å².